The number of thioether (sulfide) groups is 1. The molecular weight excluding hydrogens is 300 g/mol. The molecule has 22 heavy (non-hydrogen) atoms. The highest BCUT2D eigenvalue weighted by Crippen LogP contribution is 2.23. The number of nitrogens with one attached hydrogen (secondary N) is 1. The third kappa shape index (κ3) is 4.98. The van der Waals surface area contributed by atoms with E-state index in [1.165, 1.54) is 18.7 Å². The topological polar surface area (TPSA) is 72.8 Å². The molecule has 1 aromatic rings. The van der Waals surface area contributed by atoms with Crippen LogP contribution in [0.4, 0.5) is 5.69 Å². The van der Waals surface area contributed by atoms with Crippen molar-refractivity contribution in [2.75, 3.05) is 36.8 Å². The summed E-state index contributed by atoms with van der Waals surface area (Å²) in [6, 6.07) is 7.70. The SMILES string of the molecule is CC(=O)SCCC(O)C(O)c1ccc(N2CCNCC2)cc1. The van der Waals surface area contributed by atoms with Crippen molar-refractivity contribution in [1.82, 2.24) is 5.32 Å². The smallest absolute Gasteiger partial charge is 0.185 e. The van der Waals surface area contributed by atoms with Gasteiger partial charge in [0, 0.05) is 44.5 Å². The zero-order chi connectivity index (χ0) is 15.9. The summed E-state index contributed by atoms with van der Waals surface area (Å²) in [5.41, 5.74) is 1.85. The molecule has 0 aromatic heterocycles. The van der Waals surface area contributed by atoms with E-state index in [1.807, 2.05) is 24.3 Å². The van der Waals surface area contributed by atoms with Gasteiger partial charge in [0.2, 0.25) is 0 Å². The lowest BCUT2D eigenvalue weighted by molar-refractivity contribution is -0.109. The lowest BCUT2D eigenvalue weighted by Crippen LogP contribution is -2.43. The molecule has 1 aliphatic heterocycles. The van der Waals surface area contributed by atoms with E-state index >= 15 is 0 Å². The summed E-state index contributed by atoms with van der Waals surface area (Å²) in [7, 11) is 0. The van der Waals surface area contributed by atoms with E-state index < -0.39 is 12.2 Å². The molecule has 3 N–H and O–H groups in total. The van der Waals surface area contributed by atoms with Crippen molar-refractivity contribution < 1.29 is 15.0 Å². The average molecular weight is 324 g/mol. The summed E-state index contributed by atoms with van der Waals surface area (Å²) in [5.74, 6) is 0.520. The van der Waals surface area contributed by atoms with Gasteiger partial charge in [0.05, 0.1) is 6.10 Å². The van der Waals surface area contributed by atoms with E-state index in [0.717, 1.165) is 31.9 Å². The van der Waals surface area contributed by atoms with Gasteiger partial charge in [-0.25, -0.2) is 0 Å². The predicted octanol–water partition coefficient (Wildman–Crippen LogP) is 1.16. The minimum Gasteiger partial charge on any atom is -0.390 e. The van der Waals surface area contributed by atoms with Crippen molar-refractivity contribution in [2.45, 2.75) is 25.6 Å². The Kier molecular flexibility index (Phi) is 6.70. The number of hydrogen-bond donors (Lipinski definition) is 3. The van der Waals surface area contributed by atoms with Gasteiger partial charge in [-0.2, -0.15) is 0 Å². The number of rotatable bonds is 6. The summed E-state index contributed by atoms with van der Waals surface area (Å²) in [5, 5.41) is 23.5. The molecule has 2 rings (SSSR count). The molecule has 5 nitrogen and oxygen atoms in total. The Morgan fingerprint density at radius 3 is 2.50 bits per heavy atom. The van der Waals surface area contributed by atoms with Crippen LogP contribution in [0.3, 0.4) is 0 Å². The Hall–Kier alpha value is -1.08. The number of benzene rings is 1. The quantitative estimate of drug-likeness (QED) is 0.729. The summed E-state index contributed by atoms with van der Waals surface area (Å²) >= 11 is 1.17. The Labute approximate surface area is 135 Å². The first kappa shape index (κ1) is 17.3. The van der Waals surface area contributed by atoms with Gasteiger partial charge in [0.15, 0.2) is 5.12 Å². The molecule has 0 saturated carbocycles. The Bertz CT molecular complexity index is 475. The first-order valence-corrected chi connectivity index (χ1v) is 8.61. The zero-order valence-electron chi connectivity index (χ0n) is 12.9. The Morgan fingerprint density at radius 2 is 1.91 bits per heavy atom. The van der Waals surface area contributed by atoms with E-state index in [2.05, 4.69) is 10.2 Å². The fraction of sp³-hybridized carbons (Fsp3) is 0.562. The molecule has 2 atom stereocenters. The Morgan fingerprint density at radius 1 is 1.27 bits per heavy atom. The Balaban J connectivity index is 1.89. The second kappa shape index (κ2) is 8.53. The van der Waals surface area contributed by atoms with Gasteiger partial charge in [-0.05, 0) is 24.1 Å². The molecule has 1 heterocycles. The minimum absolute atomic E-state index is 0.0297. The van der Waals surface area contributed by atoms with E-state index in [1.54, 1.807) is 0 Å². The van der Waals surface area contributed by atoms with Crippen LogP contribution >= 0.6 is 11.8 Å². The van der Waals surface area contributed by atoms with Crippen LogP contribution in [0.2, 0.25) is 0 Å². The number of piperazine rings is 1. The number of anilines is 1. The summed E-state index contributed by atoms with van der Waals surface area (Å²) < 4.78 is 0. The second-order valence-corrected chi connectivity index (χ2v) is 6.74. The number of aliphatic hydroxyl groups is 2. The fourth-order valence-electron chi connectivity index (χ4n) is 2.51. The van der Waals surface area contributed by atoms with E-state index in [4.69, 9.17) is 0 Å². The molecule has 0 aliphatic carbocycles. The zero-order valence-corrected chi connectivity index (χ0v) is 13.7. The highest BCUT2D eigenvalue weighted by Gasteiger charge is 2.19. The lowest BCUT2D eigenvalue weighted by atomic mass is 10.0. The van der Waals surface area contributed by atoms with Gasteiger partial charge in [-0.1, -0.05) is 23.9 Å². The first-order valence-electron chi connectivity index (χ1n) is 7.63. The normalized spacial score (nSPS) is 18.0. The maximum absolute atomic E-state index is 10.9. The van der Waals surface area contributed by atoms with Crippen LogP contribution < -0.4 is 10.2 Å². The van der Waals surface area contributed by atoms with Crippen molar-refractivity contribution in [3.8, 4) is 0 Å². The maximum Gasteiger partial charge on any atom is 0.185 e. The molecule has 1 aliphatic rings. The number of carbonyl (C=O) groups excluding carboxylic acids is 1. The summed E-state index contributed by atoms with van der Waals surface area (Å²) in [6.45, 7) is 5.43. The molecule has 6 heteroatoms. The largest absolute Gasteiger partial charge is 0.390 e. The van der Waals surface area contributed by atoms with Crippen molar-refractivity contribution in [1.29, 1.82) is 0 Å². The summed E-state index contributed by atoms with van der Waals surface area (Å²) in [6.07, 6.45) is -1.37. The maximum atomic E-state index is 10.9. The van der Waals surface area contributed by atoms with Crippen molar-refractivity contribution >= 4 is 22.6 Å². The van der Waals surface area contributed by atoms with Gasteiger partial charge in [-0.15, -0.1) is 0 Å². The van der Waals surface area contributed by atoms with E-state index in [9.17, 15) is 15.0 Å². The minimum atomic E-state index is -0.912. The molecule has 1 saturated heterocycles. The molecular formula is C16H24N2O3S. The van der Waals surface area contributed by atoms with Gasteiger partial charge >= 0.3 is 0 Å². The molecule has 0 radical (unpaired) electrons. The number of hydrogen-bond acceptors (Lipinski definition) is 6. The van der Waals surface area contributed by atoms with Crippen LogP contribution in [0.5, 0.6) is 0 Å². The number of carbonyl (C=O) groups is 1. The van der Waals surface area contributed by atoms with Crippen LogP contribution in [0.25, 0.3) is 0 Å². The molecule has 2 unspecified atom stereocenters. The lowest BCUT2D eigenvalue weighted by Gasteiger charge is -2.29. The van der Waals surface area contributed by atoms with Gasteiger partial charge in [0.1, 0.15) is 6.10 Å². The van der Waals surface area contributed by atoms with Crippen LogP contribution in [-0.2, 0) is 4.79 Å². The fourth-order valence-corrected chi connectivity index (χ4v) is 3.16. The van der Waals surface area contributed by atoms with Crippen molar-refractivity contribution in [3.05, 3.63) is 29.8 Å². The van der Waals surface area contributed by atoms with Gasteiger partial charge < -0.3 is 20.4 Å². The number of aliphatic hydroxyl groups excluding tert-OH is 2. The third-order valence-electron chi connectivity index (χ3n) is 3.80. The standard InChI is InChI=1S/C16H24N2O3S/c1-12(19)22-11-6-15(20)16(21)13-2-4-14(5-3-13)18-9-7-17-8-10-18/h2-5,15-17,20-21H,6-11H2,1H3. The van der Waals surface area contributed by atoms with Crippen LogP contribution in [0.1, 0.15) is 25.0 Å². The second-order valence-electron chi connectivity index (χ2n) is 5.47. The highest BCUT2D eigenvalue weighted by atomic mass is 32.2. The van der Waals surface area contributed by atoms with E-state index in [0.29, 0.717) is 17.7 Å². The average Bonchev–Trinajstić information content (AvgIpc) is 2.54. The monoisotopic (exact) mass is 324 g/mol. The highest BCUT2D eigenvalue weighted by molar-refractivity contribution is 8.13. The molecule has 1 aromatic carbocycles. The number of nitrogens with zero attached hydrogens (tertiary/aromatic N) is 1. The molecule has 122 valence electrons. The van der Waals surface area contributed by atoms with Crippen LogP contribution in [0, 0.1) is 0 Å². The van der Waals surface area contributed by atoms with E-state index in [-0.39, 0.29) is 5.12 Å². The van der Waals surface area contributed by atoms with Crippen molar-refractivity contribution in [3.63, 3.8) is 0 Å². The third-order valence-corrected chi connectivity index (χ3v) is 4.65. The van der Waals surface area contributed by atoms with Crippen LogP contribution in [-0.4, -0.2) is 53.4 Å². The molecule has 0 bridgehead atoms. The van der Waals surface area contributed by atoms with Gasteiger partial charge in [-0.3, -0.25) is 4.79 Å². The first-order chi connectivity index (χ1) is 10.6. The molecule has 0 amide bonds. The summed E-state index contributed by atoms with van der Waals surface area (Å²) in [4.78, 5) is 13.2. The molecule has 0 spiro atoms. The van der Waals surface area contributed by atoms with Crippen molar-refractivity contribution in [2.24, 2.45) is 0 Å². The van der Waals surface area contributed by atoms with Crippen LogP contribution in [0.15, 0.2) is 24.3 Å². The van der Waals surface area contributed by atoms with Gasteiger partial charge in [0.25, 0.3) is 0 Å². The predicted molar refractivity (Wildman–Crippen MR) is 90.2 cm³/mol. The molecule has 1 fully saturated rings.